The normalized spacial score (nSPS) is 33.4. The van der Waals surface area contributed by atoms with Gasteiger partial charge in [0.05, 0.1) is 0 Å². The second-order valence-electron chi connectivity index (χ2n) is 5.07. The van der Waals surface area contributed by atoms with Gasteiger partial charge in [-0.25, -0.2) is 8.78 Å². The highest BCUT2D eigenvalue weighted by molar-refractivity contribution is 4.81. The van der Waals surface area contributed by atoms with Crippen molar-refractivity contribution in [1.82, 2.24) is 9.80 Å². The van der Waals surface area contributed by atoms with Gasteiger partial charge < -0.3 is 9.80 Å². The van der Waals surface area contributed by atoms with Crippen LogP contribution in [0.15, 0.2) is 0 Å². The number of halogens is 2. The van der Waals surface area contributed by atoms with Gasteiger partial charge in [0.1, 0.15) is 0 Å². The molecule has 1 atom stereocenters. The fourth-order valence-electron chi connectivity index (χ4n) is 2.60. The van der Waals surface area contributed by atoms with Crippen molar-refractivity contribution < 1.29 is 8.78 Å². The molecule has 0 N–H and O–H groups in total. The topological polar surface area (TPSA) is 6.48 Å². The van der Waals surface area contributed by atoms with Crippen LogP contribution in [-0.4, -0.2) is 55.5 Å². The molecule has 0 radical (unpaired) electrons. The number of hydrogen-bond donors (Lipinski definition) is 0. The number of rotatable bonds is 2. The lowest BCUT2D eigenvalue weighted by atomic mass is 10.0. The van der Waals surface area contributed by atoms with Crippen LogP contribution in [-0.2, 0) is 0 Å². The van der Waals surface area contributed by atoms with Crippen molar-refractivity contribution in [3.63, 3.8) is 0 Å². The van der Waals surface area contributed by atoms with Gasteiger partial charge >= 0.3 is 0 Å². The van der Waals surface area contributed by atoms with E-state index in [9.17, 15) is 8.78 Å². The second kappa shape index (κ2) is 4.34. The Morgan fingerprint density at radius 1 is 1.20 bits per heavy atom. The highest BCUT2D eigenvalue weighted by Gasteiger charge is 2.34. The number of alkyl halides is 2. The van der Waals surface area contributed by atoms with E-state index in [2.05, 4.69) is 16.8 Å². The van der Waals surface area contributed by atoms with Gasteiger partial charge in [0.15, 0.2) is 0 Å². The van der Waals surface area contributed by atoms with Crippen molar-refractivity contribution in [3.8, 4) is 0 Å². The van der Waals surface area contributed by atoms with E-state index in [-0.39, 0.29) is 12.8 Å². The molecule has 0 aliphatic carbocycles. The maximum atomic E-state index is 12.9. The summed E-state index contributed by atoms with van der Waals surface area (Å²) in [6.07, 6.45) is 1.33. The molecule has 2 aliphatic heterocycles. The zero-order valence-electron chi connectivity index (χ0n) is 9.38. The fourth-order valence-corrected chi connectivity index (χ4v) is 2.60. The zero-order chi connectivity index (χ0) is 10.9. The molecule has 0 saturated carbocycles. The molecule has 0 aromatic carbocycles. The van der Waals surface area contributed by atoms with Crippen LogP contribution in [0.5, 0.6) is 0 Å². The number of likely N-dealkylation sites (tertiary alicyclic amines) is 2. The Morgan fingerprint density at radius 2 is 1.87 bits per heavy atom. The van der Waals surface area contributed by atoms with E-state index in [0.717, 1.165) is 19.6 Å². The Balaban J connectivity index is 1.73. The summed E-state index contributed by atoms with van der Waals surface area (Å²) in [5.41, 5.74) is 0. The van der Waals surface area contributed by atoms with Crippen molar-refractivity contribution in [2.24, 2.45) is 5.92 Å². The molecule has 15 heavy (non-hydrogen) atoms. The van der Waals surface area contributed by atoms with Gasteiger partial charge in [-0.05, 0) is 25.9 Å². The molecule has 2 fully saturated rings. The molecule has 2 aliphatic rings. The monoisotopic (exact) mass is 218 g/mol. The molecular weight excluding hydrogens is 198 g/mol. The minimum absolute atomic E-state index is 0.0512. The molecule has 2 nitrogen and oxygen atoms in total. The van der Waals surface area contributed by atoms with Crippen LogP contribution in [0.2, 0.25) is 0 Å². The summed E-state index contributed by atoms with van der Waals surface area (Å²) in [7, 11) is 2.13. The van der Waals surface area contributed by atoms with Crippen molar-refractivity contribution >= 4 is 0 Å². The van der Waals surface area contributed by atoms with E-state index in [1.807, 2.05) is 0 Å². The summed E-state index contributed by atoms with van der Waals surface area (Å²) in [5.74, 6) is -1.70. The summed E-state index contributed by atoms with van der Waals surface area (Å²) >= 11 is 0. The average Bonchev–Trinajstić information content (AvgIpc) is 2.55. The van der Waals surface area contributed by atoms with Gasteiger partial charge in [-0.3, -0.25) is 0 Å². The zero-order valence-corrected chi connectivity index (χ0v) is 9.38. The number of hydrogen-bond acceptors (Lipinski definition) is 2. The average molecular weight is 218 g/mol. The van der Waals surface area contributed by atoms with Gasteiger partial charge in [-0.15, -0.1) is 0 Å². The van der Waals surface area contributed by atoms with Gasteiger partial charge in [-0.1, -0.05) is 0 Å². The van der Waals surface area contributed by atoms with Crippen LogP contribution < -0.4 is 0 Å². The van der Waals surface area contributed by atoms with E-state index < -0.39 is 5.92 Å². The Labute approximate surface area is 90.2 Å². The highest BCUT2D eigenvalue weighted by atomic mass is 19.3. The van der Waals surface area contributed by atoms with Crippen molar-refractivity contribution in [3.05, 3.63) is 0 Å². The van der Waals surface area contributed by atoms with Crippen molar-refractivity contribution in [2.75, 3.05) is 39.8 Å². The van der Waals surface area contributed by atoms with E-state index in [4.69, 9.17) is 0 Å². The van der Waals surface area contributed by atoms with Crippen LogP contribution in [0.4, 0.5) is 8.78 Å². The minimum Gasteiger partial charge on any atom is -0.306 e. The first-order valence-corrected chi connectivity index (χ1v) is 5.84. The van der Waals surface area contributed by atoms with Crippen LogP contribution >= 0.6 is 0 Å². The third-order valence-corrected chi connectivity index (χ3v) is 3.59. The summed E-state index contributed by atoms with van der Waals surface area (Å²) in [6, 6.07) is 0. The molecule has 2 heterocycles. The lowest BCUT2D eigenvalue weighted by Crippen LogP contribution is -2.41. The van der Waals surface area contributed by atoms with E-state index in [1.54, 1.807) is 0 Å². The van der Waals surface area contributed by atoms with Gasteiger partial charge in [0.2, 0.25) is 0 Å². The molecule has 0 aromatic heterocycles. The molecule has 0 spiro atoms. The standard InChI is InChI=1S/C11H20F2N2/c1-14-5-2-10(8-14)9-15-6-3-11(12,13)4-7-15/h10H,2-9H2,1H3. The first kappa shape index (κ1) is 11.3. The summed E-state index contributed by atoms with van der Waals surface area (Å²) in [5, 5.41) is 0. The van der Waals surface area contributed by atoms with Crippen LogP contribution in [0.25, 0.3) is 0 Å². The molecule has 4 heteroatoms. The predicted molar refractivity (Wildman–Crippen MR) is 56.2 cm³/mol. The minimum atomic E-state index is -2.40. The second-order valence-corrected chi connectivity index (χ2v) is 5.07. The molecule has 2 saturated heterocycles. The number of nitrogens with zero attached hydrogens (tertiary/aromatic N) is 2. The summed E-state index contributed by atoms with van der Waals surface area (Å²) in [6.45, 7) is 4.46. The molecule has 88 valence electrons. The number of piperidine rings is 1. The lowest BCUT2D eigenvalue weighted by molar-refractivity contribution is -0.0570. The smallest absolute Gasteiger partial charge is 0.250 e. The highest BCUT2D eigenvalue weighted by Crippen LogP contribution is 2.28. The predicted octanol–water partition coefficient (Wildman–Crippen LogP) is 1.67. The van der Waals surface area contributed by atoms with Crippen LogP contribution in [0.3, 0.4) is 0 Å². The molecule has 0 amide bonds. The quantitative estimate of drug-likeness (QED) is 0.695. The van der Waals surface area contributed by atoms with E-state index in [1.165, 1.54) is 6.42 Å². The third kappa shape index (κ3) is 3.11. The SMILES string of the molecule is CN1CCC(CN2CCC(F)(F)CC2)C1. The Morgan fingerprint density at radius 3 is 2.40 bits per heavy atom. The first-order valence-electron chi connectivity index (χ1n) is 5.84. The Kier molecular flexibility index (Phi) is 3.26. The Bertz CT molecular complexity index is 211. The Hall–Kier alpha value is -0.220. The van der Waals surface area contributed by atoms with Gasteiger partial charge in [-0.2, -0.15) is 0 Å². The van der Waals surface area contributed by atoms with Gasteiger partial charge in [0.25, 0.3) is 5.92 Å². The van der Waals surface area contributed by atoms with Crippen molar-refractivity contribution in [1.29, 1.82) is 0 Å². The molecule has 0 aromatic rings. The summed E-state index contributed by atoms with van der Waals surface area (Å²) < 4.78 is 25.8. The lowest BCUT2D eigenvalue weighted by Gasteiger charge is -2.33. The molecule has 1 unspecified atom stereocenters. The van der Waals surface area contributed by atoms with E-state index >= 15 is 0 Å². The first-order chi connectivity index (χ1) is 7.05. The van der Waals surface area contributed by atoms with Gasteiger partial charge in [0, 0.05) is 39.0 Å². The largest absolute Gasteiger partial charge is 0.306 e. The maximum absolute atomic E-state index is 12.9. The molecular formula is C11H20F2N2. The maximum Gasteiger partial charge on any atom is 0.250 e. The third-order valence-electron chi connectivity index (χ3n) is 3.59. The summed E-state index contributed by atoms with van der Waals surface area (Å²) in [4.78, 5) is 4.53. The van der Waals surface area contributed by atoms with Crippen LogP contribution in [0, 0.1) is 5.92 Å². The van der Waals surface area contributed by atoms with E-state index in [0.29, 0.717) is 19.0 Å². The molecule has 0 bridgehead atoms. The van der Waals surface area contributed by atoms with Crippen LogP contribution in [0.1, 0.15) is 19.3 Å². The fraction of sp³-hybridized carbons (Fsp3) is 1.00. The van der Waals surface area contributed by atoms with Crippen molar-refractivity contribution in [2.45, 2.75) is 25.2 Å². The molecule has 2 rings (SSSR count).